The summed E-state index contributed by atoms with van der Waals surface area (Å²) in [5, 5.41) is 18.8. The topological polar surface area (TPSA) is 70.7 Å². The highest BCUT2D eigenvalue weighted by molar-refractivity contribution is 5.84. The van der Waals surface area contributed by atoms with Crippen molar-refractivity contribution < 1.29 is 19.4 Å². The summed E-state index contributed by atoms with van der Waals surface area (Å²) >= 11 is 0. The van der Waals surface area contributed by atoms with E-state index >= 15 is 0 Å². The second kappa shape index (κ2) is 3.38. The Bertz CT molecular complexity index is 374. The van der Waals surface area contributed by atoms with Crippen molar-refractivity contribution in [2.75, 3.05) is 0 Å². The lowest BCUT2D eigenvalue weighted by Gasteiger charge is -2.20. The predicted molar refractivity (Wildman–Crippen MR) is 52.6 cm³/mol. The van der Waals surface area contributed by atoms with Gasteiger partial charge in [0.1, 0.15) is 11.4 Å². The number of carboxylic acids is 1. The summed E-state index contributed by atoms with van der Waals surface area (Å²) in [5.74, 6) is -0.338. The molecule has 1 aliphatic carbocycles. The van der Waals surface area contributed by atoms with Gasteiger partial charge in [-0.15, -0.1) is 0 Å². The quantitative estimate of drug-likeness (QED) is 0.797. The van der Waals surface area contributed by atoms with Crippen LogP contribution in [0.2, 0.25) is 0 Å². The van der Waals surface area contributed by atoms with Gasteiger partial charge in [0, 0.05) is 0 Å². The standard InChI is InChI=1S/C11H14O4/c1-11(14,6-7-2-3-7)9-5-4-8(15-9)10(12)13/h4-5,7,14H,2-3,6H2,1H3,(H,12,13). The van der Waals surface area contributed by atoms with Crippen molar-refractivity contribution in [1.82, 2.24) is 0 Å². The van der Waals surface area contributed by atoms with Gasteiger partial charge in [0.2, 0.25) is 5.76 Å². The van der Waals surface area contributed by atoms with E-state index in [0.29, 0.717) is 18.1 Å². The first kappa shape index (κ1) is 10.2. The smallest absolute Gasteiger partial charge is 0.371 e. The van der Waals surface area contributed by atoms with E-state index in [0.717, 1.165) is 12.8 Å². The molecule has 1 fully saturated rings. The van der Waals surface area contributed by atoms with Crippen molar-refractivity contribution in [2.45, 2.75) is 31.8 Å². The van der Waals surface area contributed by atoms with Gasteiger partial charge >= 0.3 is 5.97 Å². The molecule has 4 heteroatoms. The average molecular weight is 210 g/mol. The molecule has 0 saturated heterocycles. The van der Waals surface area contributed by atoms with E-state index in [2.05, 4.69) is 0 Å². The summed E-state index contributed by atoms with van der Waals surface area (Å²) < 4.78 is 5.09. The highest BCUT2D eigenvalue weighted by Crippen LogP contribution is 2.40. The number of rotatable bonds is 4. The zero-order chi connectivity index (χ0) is 11.1. The lowest BCUT2D eigenvalue weighted by atomic mass is 9.96. The average Bonchev–Trinajstić information content (AvgIpc) is 2.80. The van der Waals surface area contributed by atoms with Gasteiger partial charge in [0.15, 0.2) is 0 Å². The van der Waals surface area contributed by atoms with Crippen molar-refractivity contribution in [3.05, 3.63) is 23.7 Å². The molecule has 1 atom stereocenters. The van der Waals surface area contributed by atoms with Crippen molar-refractivity contribution >= 4 is 5.97 Å². The molecule has 1 aliphatic rings. The summed E-state index contributed by atoms with van der Waals surface area (Å²) in [5.41, 5.74) is -1.05. The molecule has 0 aliphatic heterocycles. The predicted octanol–water partition coefficient (Wildman–Crippen LogP) is 1.99. The molecule has 0 spiro atoms. The summed E-state index contributed by atoms with van der Waals surface area (Å²) in [7, 11) is 0. The minimum atomic E-state index is -1.11. The number of aromatic carboxylic acids is 1. The van der Waals surface area contributed by atoms with Crippen molar-refractivity contribution in [3.8, 4) is 0 Å². The fraction of sp³-hybridized carbons (Fsp3) is 0.545. The van der Waals surface area contributed by atoms with Crippen molar-refractivity contribution in [2.24, 2.45) is 5.92 Å². The molecule has 4 nitrogen and oxygen atoms in total. The Morgan fingerprint density at radius 3 is 2.73 bits per heavy atom. The first-order valence-electron chi connectivity index (χ1n) is 5.05. The largest absolute Gasteiger partial charge is 0.475 e. The molecular formula is C11H14O4. The van der Waals surface area contributed by atoms with Crippen LogP contribution in [0.3, 0.4) is 0 Å². The summed E-state index contributed by atoms with van der Waals surface area (Å²) in [6, 6.07) is 2.91. The minimum absolute atomic E-state index is 0.124. The Kier molecular flexibility index (Phi) is 2.31. The van der Waals surface area contributed by atoms with E-state index in [1.165, 1.54) is 12.1 Å². The molecule has 0 amide bonds. The maximum Gasteiger partial charge on any atom is 0.371 e. The molecule has 0 aromatic carbocycles. The molecular weight excluding hydrogens is 196 g/mol. The van der Waals surface area contributed by atoms with Crippen LogP contribution in [0.15, 0.2) is 16.5 Å². The zero-order valence-corrected chi connectivity index (χ0v) is 8.56. The normalized spacial score (nSPS) is 19.9. The van der Waals surface area contributed by atoms with Crippen molar-refractivity contribution in [1.29, 1.82) is 0 Å². The third kappa shape index (κ3) is 2.21. The van der Waals surface area contributed by atoms with Crippen LogP contribution in [0.25, 0.3) is 0 Å². The van der Waals surface area contributed by atoms with Crippen LogP contribution in [-0.2, 0) is 5.60 Å². The first-order valence-corrected chi connectivity index (χ1v) is 5.05. The Hall–Kier alpha value is -1.29. The monoisotopic (exact) mass is 210 g/mol. The lowest BCUT2D eigenvalue weighted by molar-refractivity contribution is 0.0180. The van der Waals surface area contributed by atoms with Gasteiger partial charge in [0.05, 0.1) is 0 Å². The third-order valence-corrected chi connectivity index (χ3v) is 2.73. The van der Waals surface area contributed by atoms with Gasteiger partial charge in [-0.25, -0.2) is 4.79 Å². The Morgan fingerprint density at radius 2 is 2.27 bits per heavy atom. The molecule has 1 saturated carbocycles. The molecule has 1 heterocycles. The summed E-state index contributed by atoms with van der Waals surface area (Å²) in [6.07, 6.45) is 2.92. The van der Waals surface area contributed by atoms with Gasteiger partial charge in [-0.3, -0.25) is 0 Å². The molecule has 1 aromatic rings. The van der Waals surface area contributed by atoms with Crippen LogP contribution >= 0.6 is 0 Å². The molecule has 15 heavy (non-hydrogen) atoms. The highest BCUT2D eigenvalue weighted by atomic mass is 16.4. The molecule has 1 aromatic heterocycles. The zero-order valence-electron chi connectivity index (χ0n) is 8.56. The minimum Gasteiger partial charge on any atom is -0.475 e. The number of aliphatic hydroxyl groups is 1. The molecule has 1 unspecified atom stereocenters. The SMILES string of the molecule is CC(O)(CC1CC1)c1ccc(C(=O)O)o1. The van der Waals surface area contributed by atoms with E-state index in [4.69, 9.17) is 9.52 Å². The fourth-order valence-electron chi connectivity index (χ4n) is 1.73. The van der Waals surface area contributed by atoms with E-state index in [9.17, 15) is 9.90 Å². The molecule has 2 N–H and O–H groups in total. The number of carbonyl (C=O) groups is 1. The lowest BCUT2D eigenvalue weighted by Crippen LogP contribution is -2.21. The fourth-order valence-corrected chi connectivity index (χ4v) is 1.73. The van der Waals surface area contributed by atoms with Crippen LogP contribution < -0.4 is 0 Å². The molecule has 82 valence electrons. The Balaban J connectivity index is 2.15. The number of hydrogen-bond acceptors (Lipinski definition) is 3. The van der Waals surface area contributed by atoms with E-state index in [1.54, 1.807) is 6.92 Å². The van der Waals surface area contributed by atoms with Gasteiger partial charge in [-0.05, 0) is 31.4 Å². The molecule has 0 radical (unpaired) electrons. The third-order valence-electron chi connectivity index (χ3n) is 2.73. The van der Waals surface area contributed by atoms with E-state index in [-0.39, 0.29) is 5.76 Å². The van der Waals surface area contributed by atoms with E-state index in [1.807, 2.05) is 0 Å². The van der Waals surface area contributed by atoms with Gasteiger partial charge in [-0.1, -0.05) is 12.8 Å². The van der Waals surface area contributed by atoms with Crippen LogP contribution in [-0.4, -0.2) is 16.2 Å². The van der Waals surface area contributed by atoms with Crippen LogP contribution in [0, 0.1) is 5.92 Å². The van der Waals surface area contributed by atoms with E-state index < -0.39 is 11.6 Å². The maximum atomic E-state index is 10.6. The second-order valence-corrected chi connectivity index (χ2v) is 4.39. The van der Waals surface area contributed by atoms with Crippen LogP contribution in [0.1, 0.15) is 42.5 Å². The maximum absolute atomic E-state index is 10.6. The van der Waals surface area contributed by atoms with Crippen LogP contribution in [0.5, 0.6) is 0 Å². The summed E-state index contributed by atoms with van der Waals surface area (Å²) in [6.45, 7) is 1.66. The second-order valence-electron chi connectivity index (χ2n) is 4.39. The highest BCUT2D eigenvalue weighted by Gasteiger charge is 2.35. The van der Waals surface area contributed by atoms with Gasteiger partial charge in [-0.2, -0.15) is 0 Å². The summed E-state index contributed by atoms with van der Waals surface area (Å²) in [4.78, 5) is 10.6. The number of carboxylic acid groups (broad SMARTS) is 1. The van der Waals surface area contributed by atoms with Gasteiger partial charge in [0.25, 0.3) is 0 Å². The molecule has 0 bridgehead atoms. The molecule has 2 rings (SSSR count). The van der Waals surface area contributed by atoms with Gasteiger partial charge < -0.3 is 14.6 Å². The first-order chi connectivity index (χ1) is 6.99. The van der Waals surface area contributed by atoms with Crippen molar-refractivity contribution in [3.63, 3.8) is 0 Å². The van der Waals surface area contributed by atoms with Crippen LogP contribution in [0.4, 0.5) is 0 Å². The Labute approximate surface area is 87.5 Å². The Morgan fingerprint density at radius 1 is 1.60 bits per heavy atom. The number of furan rings is 1. The number of hydrogen-bond donors (Lipinski definition) is 2.